The summed E-state index contributed by atoms with van der Waals surface area (Å²) in [6.07, 6.45) is -0.0447. The van der Waals surface area contributed by atoms with Crippen molar-refractivity contribution < 1.29 is 19.4 Å². The molecule has 26 heavy (non-hydrogen) atoms. The standard InChI is InChI=1S/C18H21N3O4S/c1-12-9-16(19-21(12)13-3-5-15(25-2)6-4-13)18(24)20-7-8-26-11-14(20)10-17(22)23/h3-6,9,14H,7-8,10-11H2,1-2H3,(H,22,23). The van der Waals surface area contributed by atoms with Gasteiger partial charge < -0.3 is 14.7 Å². The molecule has 1 saturated heterocycles. The van der Waals surface area contributed by atoms with Crippen LogP contribution < -0.4 is 4.74 Å². The summed E-state index contributed by atoms with van der Waals surface area (Å²) in [7, 11) is 1.61. The summed E-state index contributed by atoms with van der Waals surface area (Å²) in [6, 6.07) is 8.86. The molecule has 3 rings (SSSR count). The Balaban J connectivity index is 1.84. The van der Waals surface area contributed by atoms with Crippen molar-refractivity contribution in [2.45, 2.75) is 19.4 Å². The van der Waals surface area contributed by atoms with Gasteiger partial charge in [-0.05, 0) is 37.3 Å². The minimum absolute atomic E-state index is 0.0447. The van der Waals surface area contributed by atoms with Crippen LogP contribution in [0.15, 0.2) is 30.3 Å². The smallest absolute Gasteiger partial charge is 0.305 e. The molecule has 8 heteroatoms. The third-order valence-electron chi connectivity index (χ3n) is 4.32. The number of hydrogen-bond donors (Lipinski definition) is 1. The Morgan fingerprint density at radius 1 is 1.35 bits per heavy atom. The molecule has 0 saturated carbocycles. The summed E-state index contributed by atoms with van der Waals surface area (Å²) in [5.74, 6) is 1.08. The first-order chi connectivity index (χ1) is 12.5. The number of carbonyl (C=O) groups is 2. The van der Waals surface area contributed by atoms with Gasteiger partial charge in [-0.1, -0.05) is 0 Å². The van der Waals surface area contributed by atoms with Gasteiger partial charge in [-0.2, -0.15) is 16.9 Å². The SMILES string of the molecule is COc1ccc(-n2nc(C(=O)N3CCSCC3CC(=O)O)cc2C)cc1. The molecule has 1 fully saturated rings. The predicted molar refractivity (Wildman–Crippen MR) is 99.3 cm³/mol. The quantitative estimate of drug-likeness (QED) is 0.863. The Morgan fingerprint density at radius 2 is 2.08 bits per heavy atom. The lowest BCUT2D eigenvalue weighted by molar-refractivity contribution is -0.138. The Hall–Kier alpha value is -2.48. The number of thioether (sulfide) groups is 1. The maximum atomic E-state index is 12.9. The Bertz CT molecular complexity index is 803. The summed E-state index contributed by atoms with van der Waals surface area (Å²) in [6.45, 7) is 2.42. The fourth-order valence-electron chi connectivity index (χ4n) is 3.00. The minimum Gasteiger partial charge on any atom is -0.497 e. The number of rotatable bonds is 5. The van der Waals surface area contributed by atoms with Crippen molar-refractivity contribution in [1.82, 2.24) is 14.7 Å². The first-order valence-corrected chi connectivity index (χ1v) is 9.46. The monoisotopic (exact) mass is 375 g/mol. The summed E-state index contributed by atoms with van der Waals surface area (Å²) >= 11 is 1.68. The molecule has 1 aliphatic heterocycles. The topological polar surface area (TPSA) is 84.7 Å². The molecule has 1 amide bonds. The van der Waals surface area contributed by atoms with Crippen LogP contribution >= 0.6 is 11.8 Å². The van der Waals surface area contributed by atoms with Crippen molar-refractivity contribution in [3.8, 4) is 11.4 Å². The number of hydrogen-bond acceptors (Lipinski definition) is 5. The molecule has 0 bridgehead atoms. The largest absolute Gasteiger partial charge is 0.497 e. The van der Waals surface area contributed by atoms with Crippen molar-refractivity contribution >= 4 is 23.6 Å². The lowest BCUT2D eigenvalue weighted by Crippen LogP contribution is -2.47. The average Bonchev–Trinajstić information content (AvgIpc) is 3.03. The van der Waals surface area contributed by atoms with Gasteiger partial charge in [0.2, 0.25) is 0 Å². The van der Waals surface area contributed by atoms with Crippen molar-refractivity contribution in [1.29, 1.82) is 0 Å². The van der Waals surface area contributed by atoms with Gasteiger partial charge in [0.1, 0.15) is 5.75 Å². The van der Waals surface area contributed by atoms with Crippen molar-refractivity contribution in [2.24, 2.45) is 0 Å². The number of amides is 1. The molecule has 1 N–H and O–H groups in total. The number of methoxy groups -OCH3 is 1. The normalized spacial score (nSPS) is 17.2. The van der Waals surface area contributed by atoms with Crippen LogP contribution in [0.3, 0.4) is 0 Å². The van der Waals surface area contributed by atoms with E-state index in [4.69, 9.17) is 9.84 Å². The highest BCUT2D eigenvalue weighted by Crippen LogP contribution is 2.22. The van der Waals surface area contributed by atoms with Crippen LogP contribution in [-0.2, 0) is 4.79 Å². The summed E-state index contributed by atoms with van der Waals surface area (Å²) in [5, 5.41) is 13.6. The average molecular weight is 375 g/mol. The van der Waals surface area contributed by atoms with E-state index in [2.05, 4.69) is 5.10 Å². The van der Waals surface area contributed by atoms with Crippen LogP contribution in [0.4, 0.5) is 0 Å². The number of nitrogens with zero attached hydrogens (tertiary/aromatic N) is 3. The van der Waals surface area contributed by atoms with E-state index in [0.29, 0.717) is 18.0 Å². The molecule has 1 unspecified atom stereocenters. The fourth-order valence-corrected chi connectivity index (χ4v) is 4.07. The van der Waals surface area contributed by atoms with E-state index in [0.717, 1.165) is 22.9 Å². The zero-order chi connectivity index (χ0) is 18.7. The van der Waals surface area contributed by atoms with Gasteiger partial charge in [-0.15, -0.1) is 0 Å². The number of benzene rings is 1. The fraction of sp³-hybridized carbons (Fsp3) is 0.389. The lowest BCUT2D eigenvalue weighted by Gasteiger charge is -2.34. The maximum absolute atomic E-state index is 12.9. The molecule has 0 spiro atoms. The minimum atomic E-state index is -0.893. The van der Waals surface area contributed by atoms with E-state index in [1.807, 2.05) is 31.2 Å². The molecular weight excluding hydrogens is 354 g/mol. The first kappa shape index (κ1) is 18.3. The number of ether oxygens (including phenoxy) is 1. The van der Waals surface area contributed by atoms with Crippen LogP contribution in [0.2, 0.25) is 0 Å². The second kappa shape index (κ2) is 7.82. The highest BCUT2D eigenvalue weighted by Gasteiger charge is 2.31. The van der Waals surface area contributed by atoms with Gasteiger partial charge in [0.25, 0.3) is 5.91 Å². The maximum Gasteiger partial charge on any atom is 0.305 e. The highest BCUT2D eigenvalue weighted by molar-refractivity contribution is 7.99. The molecule has 1 aliphatic rings. The van der Waals surface area contributed by atoms with Crippen LogP contribution in [0.25, 0.3) is 5.69 Å². The third-order valence-corrected chi connectivity index (χ3v) is 5.41. The van der Waals surface area contributed by atoms with Gasteiger partial charge in [-0.3, -0.25) is 9.59 Å². The molecule has 138 valence electrons. The zero-order valence-electron chi connectivity index (χ0n) is 14.7. The second-order valence-electron chi connectivity index (χ2n) is 6.11. The molecule has 2 heterocycles. The van der Waals surface area contributed by atoms with Gasteiger partial charge in [0.05, 0.1) is 25.3 Å². The number of aliphatic carboxylic acids is 1. The van der Waals surface area contributed by atoms with Crippen LogP contribution in [0.1, 0.15) is 22.6 Å². The van der Waals surface area contributed by atoms with Crippen LogP contribution in [0, 0.1) is 6.92 Å². The van der Waals surface area contributed by atoms with E-state index in [1.54, 1.807) is 34.5 Å². The highest BCUT2D eigenvalue weighted by atomic mass is 32.2. The first-order valence-electron chi connectivity index (χ1n) is 8.31. The van der Waals surface area contributed by atoms with Crippen LogP contribution in [-0.4, -0.2) is 62.9 Å². The van der Waals surface area contributed by atoms with Crippen molar-refractivity contribution in [2.75, 3.05) is 25.2 Å². The molecule has 1 atom stereocenters. The number of aryl methyl sites for hydroxylation is 1. The van der Waals surface area contributed by atoms with Gasteiger partial charge in [0.15, 0.2) is 5.69 Å². The van der Waals surface area contributed by atoms with Crippen LogP contribution in [0.5, 0.6) is 5.75 Å². The number of aromatic nitrogens is 2. The number of carbonyl (C=O) groups excluding carboxylic acids is 1. The molecule has 1 aromatic heterocycles. The lowest BCUT2D eigenvalue weighted by atomic mass is 10.2. The Morgan fingerprint density at radius 3 is 2.73 bits per heavy atom. The van der Waals surface area contributed by atoms with Gasteiger partial charge >= 0.3 is 5.97 Å². The van der Waals surface area contributed by atoms with E-state index < -0.39 is 5.97 Å². The third kappa shape index (κ3) is 3.85. The van der Waals surface area contributed by atoms with Gasteiger partial charge in [0, 0.05) is 23.7 Å². The Labute approximate surface area is 155 Å². The van der Waals surface area contributed by atoms with Gasteiger partial charge in [-0.25, -0.2) is 4.68 Å². The summed E-state index contributed by atoms with van der Waals surface area (Å²) in [4.78, 5) is 25.7. The predicted octanol–water partition coefficient (Wildman–Crippen LogP) is 2.22. The zero-order valence-corrected chi connectivity index (χ0v) is 15.5. The summed E-state index contributed by atoms with van der Waals surface area (Å²) < 4.78 is 6.87. The molecule has 0 aliphatic carbocycles. The molecule has 2 aromatic rings. The molecule has 7 nitrogen and oxygen atoms in total. The Kier molecular flexibility index (Phi) is 5.51. The van der Waals surface area contributed by atoms with E-state index in [1.165, 1.54) is 0 Å². The summed E-state index contributed by atoms with van der Waals surface area (Å²) in [5.41, 5.74) is 2.00. The van der Waals surface area contributed by atoms with Crippen molar-refractivity contribution in [3.63, 3.8) is 0 Å². The second-order valence-corrected chi connectivity index (χ2v) is 7.26. The van der Waals surface area contributed by atoms with E-state index in [-0.39, 0.29) is 18.4 Å². The molecular formula is C18H21N3O4S. The van der Waals surface area contributed by atoms with Crippen molar-refractivity contribution in [3.05, 3.63) is 41.7 Å². The van der Waals surface area contributed by atoms with E-state index >= 15 is 0 Å². The molecule has 0 radical (unpaired) electrons. The molecule has 1 aromatic carbocycles. The number of carboxylic acid groups (broad SMARTS) is 1. The van der Waals surface area contributed by atoms with E-state index in [9.17, 15) is 9.59 Å². The number of carboxylic acids is 1.